The molecule has 1 fully saturated rings. The molecule has 1 aliphatic rings. The molecule has 20 heavy (non-hydrogen) atoms. The molecule has 2 N–H and O–H groups in total. The highest BCUT2D eigenvalue weighted by molar-refractivity contribution is 5.83. The number of benzene rings is 1. The van der Waals surface area contributed by atoms with Crippen molar-refractivity contribution in [3.8, 4) is 0 Å². The maximum Gasteiger partial charge on any atom is 0.244 e. The third kappa shape index (κ3) is 3.38. The lowest BCUT2D eigenvalue weighted by atomic mass is 10.0. The molecule has 0 bridgehead atoms. The van der Waals surface area contributed by atoms with Gasteiger partial charge in [-0.3, -0.25) is 9.69 Å². The second-order valence-electron chi connectivity index (χ2n) is 5.84. The van der Waals surface area contributed by atoms with Crippen LogP contribution in [0, 0.1) is 6.92 Å². The van der Waals surface area contributed by atoms with Crippen LogP contribution in [-0.4, -0.2) is 47.9 Å². The number of nitrogens with zero attached hydrogens (tertiary/aromatic N) is 2. The van der Waals surface area contributed by atoms with Crippen LogP contribution in [0.1, 0.15) is 31.0 Å². The summed E-state index contributed by atoms with van der Waals surface area (Å²) in [5.41, 5.74) is 8.18. The van der Waals surface area contributed by atoms with E-state index < -0.39 is 6.04 Å². The van der Waals surface area contributed by atoms with E-state index in [0.29, 0.717) is 6.04 Å². The fourth-order valence-corrected chi connectivity index (χ4v) is 2.57. The monoisotopic (exact) mass is 275 g/mol. The lowest BCUT2D eigenvalue weighted by molar-refractivity contribution is -0.134. The average Bonchev–Trinajstić information content (AvgIpc) is 2.46. The van der Waals surface area contributed by atoms with Crippen LogP contribution in [0.2, 0.25) is 0 Å². The maximum atomic E-state index is 12.4. The molecule has 1 atom stereocenters. The lowest BCUT2D eigenvalue weighted by Gasteiger charge is -2.37. The fourth-order valence-electron chi connectivity index (χ4n) is 2.57. The smallest absolute Gasteiger partial charge is 0.244 e. The zero-order valence-electron chi connectivity index (χ0n) is 12.7. The van der Waals surface area contributed by atoms with Crippen LogP contribution in [-0.2, 0) is 4.79 Å². The minimum Gasteiger partial charge on any atom is -0.338 e. The summed E-state index contributed by atoms with van der Waals surface area (Å²) in [6, 6.07) is 7.89. The summed E-state index contributed by atoms with van der Waals surface area (Å²) in [4.78, 5) is 16.7. The number of aryl methyl sites for hydroxylation is 1. The Bertz CT molecular complexity index is 447. The van der Waals surface area contributed by atoms with E-state index >= 15 is 0 Å². The molecule has 110 valence electrons. The van der Waals surface area contributed by atoms with Gasteiger partial charge in [0.1, 0.15) is 6.04 Å². The average molecular weight is 275 g/mol. The van der Waals surface area contributed by atoms with Crippen LogP contribution in [0.15, 0.2) is 24.3 Å². The van der Waals surface area contributed by atoms with Crippen molar-refractivity contribution in [1.82, 2.24) is 9.80 Å². The fraction of sp³-hybridized carbons (Fsp3) is 0.562. The Morgan fingerprint density at radius 3 is 2.15 bits per heavy atom. The molecule has 1 amide bonds. The Balaban J connectivity index is 1.96. The number of hydrogen-bond acceptors (Lipinski definition) is 3. The van der Waals surface area contributed by atoms with E-state index in [9.17, 15) is 4.79 Å². The highest BCUT2D eigenvalue weighted by Gasteiger charge is 2.26. The maximum absolute atomic E-state index is 12.4. The molecule has 4 heteroatoms. The molecule has 1 aliphatic heterocycles. The van der Waals surface area contributed by atoms with Crippen LogP contribution in [0.25, 0.3) is 0 Å². The first-order valence-electron chi connectivity index (χ1n) is 7.34. The molecule has 0 radical (unpaired) electrons. The lowest BCUT2D eigenvalue weighted by Crippen LogP contribution is -2.52. The molecule has 1 heterocycles. The normalized spacial score (nSPS) is 18.4. The standard InChI is InChI=1S/C16H25N3O/c1-12(2)18-8-10-19(11-9-18)16(20)15(17)14-6-4-13(3)5-7-14/h4-7,12,15H,8-11,17H2,1-3H3. The van der Waals surface area contributed by atoms with Crippen molar-refractivity contribution < 1.29 is 4.79 Å². The third-order valence-corrected chi connectivity index (χ3v) is 4.06. The Hall–Kier alpha value is -1.39. The van der Waals surface area contributed by atoms with Crippen molar-refractivity contribution >= 4 is 5.91 Å². The van der Waals surface area contributed by atoms with Gasteiger partial charge in [-0.15, -0.1) is 0 Å². The molecule has 4 nitrogen and oxygen atoms in total. The van der Waals surface area contributed by atoms with Gasteiger partial charge in [0.2, 0.25) is 5.91 Å². The van der Waals surface area contributed by atoms with Crippen molar-refractivity contribution in [2.24, 2.45) is 5.73 Å². The number of carbonyl (C=O) groups is 1. The summed E-state index contributed by atoms with van der Waals surface area (Å²) < 4.78 is 0. The van der Waals surface area contributed by atoms with E-state index in [1.54, 1.807) is 0 Å². The first-order chi connectivity index (χ1) is 9.49. The second-order valence-corrected chi connectivity index (χ2v) is 5.84. The molecular formula is C16H25N3O. The number of rotatable bonds is 3. The number of piperazine rings is 1. The van der Waals surface area contributed by atoms with Crippen LogP contribution in [0.4, 0.5) is 0 Å². The summed E-state index contributed by atoms with van der Waals surface area (Å²) in [5, 5.41) is 0. The highest BCUT2D eigenvalue weighted by atomic mass is 16.2. The highest BCUT2D eigenvalue weighted by Crippen LogP contribution is 2.16. The Morgan fingerprint density at radius 2 is 1.65 bits per heavy atom. The van der Waals surface area contributed by atoms with Gasteiger partial charge in [0.25, 0.3) is 0 Å². The van der Waals surface area contributed by atoms with Gasteiger partial charge < -0.3 is 10.6 Å². The summed E-state index contributed by atoms with van der Waals surface area (Å²) in [6.07, 6.45) is 0. The number of hydrogen-bond donors (Lipinski definition) is 1. The Morgan fingerprint density at radius 1 is 1.10 bits per heavy atom. The Labute approximate surface area is 121 Å². The molecule has 1 aromatic rings. The SMILES string of the molecule is Cc1ccc(C(N)C(=O)N2CCN(C(C)C)CC2)cc1. The third-order valence-electron chi connectivity index (χ3n) is 4.06. The van der Waals surface area contributed by atoms with Crippen LogP contribution >= 0.6 is 0 Å². The van der Waals surface area contributed by atoms with E-state index in [-0.39, 0.29) is 5.91 Å². The van der Waals surface area contributed by atoms with Crippen molar-refractivity contribution in [3.05, 3.63) is 35.4 Å². The second kappa shape index (κ2) is 6.37. The zero-order valence-corrected chi connectivity index (χ0v) is 12.7. The molecular weight excluding hydrogens is 250 g/mol. The largest absolute Gasteiger partial charge is 0.338 e. The van der Waals surface area contributed by atoms with Gasteiger partial charge in [0.05, 0.1) is 0 Å². The molecule has 1 saturated heterocycles. The summed E-state index contributed by atoms with van der Waals surface area (Å²) in [5.74, 6) is 0.0391. The van der Waals surface area contributed by atoms with Gasteiger partial charge in [-0.05, 0) is 26.3 Å². The van der Waals surface area contributed by atoms with Gasteiger partial charge in [-0.2, -0.15) is 0 Å². The minimum atomic E-state index is -0.541. The number of nitrogens with two attached hydrogens (primary N) is 1. The predicted molar refractivity (Wildman–Crippen MR) is 81.4 cm³/mol. The van der Waals surface area contributed by atoms with Crippen molar-refractivity contribution in [2.45, 2.75) is 32.9 Å². The summed E-state index contributed by atoms with van der Waals surface area (Å²) in [7, 11) is 0. The van der Waals surface area contributed by atoms with Gasteiger partial charge in [-0.25, -0.2) is 0 Å². The molecule has 0 saturated carbocycles. The summed E-state index contributed by atoms with van der Waals surface area (Å²) in [6.45, 7) is 9.83. The van der Waals surface area contributed by atoms with Crippen molar-refractivity contribution in [1.29, 1.82) is 0 Å². The quantitative estimate of drug-likeness (QED) is 0.910. The van der Waals surface area contributed by atoms with Gasteiger partial charge in [0.15, 0.2) is 0 Å². The predicted octanol–water partition coefficient (Wildman–Crippen LogP) is 1.55. The van der Waals surface area contributed by atoms with Gasteiger partial charge in [-0.1, -0.05) is 29.8 Å². The van der Waals surface area contributed by atoms with Gasteiger partial charge in [0, 0.05) is 32.2 Å². The molecule has 0 aromatic heterocycles. The summed E-state index contributed by atoms with van der Waals surface area (Å²) >= 11 is 0. The van der Waals surface area contributed by atoms with E-state index in [1.165, 1.54) is 5.56 Å². The first-order valence-corrected chi connectivity index (χ1v) is 7.34. The van der Waals surface area contributed by atoms with E-state index in [2.05, 4.69) is 18.7 Å². The van der Waals surface area contributed by atoms with Crippen molar-refractivity contribution in [3.63, 3.8) is 0 Å². The number of carbonyl (C=O) groups excluding carboxylic acids is 1. The van der Waals surface area contributed by atoms with Crippen LogP contribution in [0.5, 0.6) is 0 Å². The molecule has 0 aliphatic carbocycles. The van der Waals surface area contributed by atoms with Crippen LogP contribution in [0.3, 0.4) is 0 Å². The first kappa shape index (κ1) is 15.0. The van der Waals surface area contributed by atoms with E-state index in [0.717, 1.165) is 31.7 Å². The minimum absolute atomic E-state index is 0.0391. The van der Waals surface area contributed by atoms with Crippen molar-refractivity contribution in [2.75, 3.05) is 26.2 Å². The molecule has 1 aromatic carbocycles. The zero-order chi connectivity index (χ0) is 14.7. The number of amides is 1. The molecule has 2 rings (SSSR count). The molecule has 1 unspecified atom stereocenters. The van der Waals surface area contributed by atoms with E-state index in [1.807, 2.05) is 36.1 Å². The van der Waals surface area contributed by atoms with E-state index in [4.69, 9.17) is 5.73 Å². The Kier molecular flexibility index (Phi) is 4.78. The van der Waals surface area contributed by atoms with Crippen LogP contribution < -0.4 is 5.73 Å². The topological polar surface area (TPSA) is 49.6 Å². The molecule has 0 spiro atoms. The van der Waals surface area contributed by atoms with Gasteiger partial charge >= 0.3 is 0 Å².